The second kappa shape index (κ2) is 6.88. The summed E-state index contributed by atoms with van der Waals surface area (Å²) in [5.41, 5.74) is -0.829. The molecule has 0 spiro atoms. The van der Waals surface area contributed by atoms with E-state index in [1.165, 1.54) is 0 Å². The van der Waals surface area contributed by atoms with Gasteiger partial charge in [0.15, 0.2) is 0 Å². The summed E-state index contributed by atoms with van der Waals surface area (Å²) in [6, 6.07) is 2.28. The van der Waals surface area contributed by atoms with Crippen LogP contribution in [0, 0.1) is 22.7 Å². The van der Waals surface area contributed by atoms with Crippen molar-refractivity contribution in [2.24, 2.45) is 11.3 Å². The molecular formula is C17H25N3O3. The SMILES string of the molecule is N#CC1(C(=O)N2CCCC(C(=O)N3CCOCC3)C2)CCCC1. The monoisotopic (exact) mass is 319 g/mol. The van der Waals surface area contributed by atoms with Crippen LogP contribution in [0.25, 0.3) is 0 Å². The number of nitrogens with zero attached hydrogens (tertiary/aromatic N) is 3. The maximum absolute atomic E-state index is 12.9. The Morgan fingerprint density at radius 2 is 1.74 bits per heavy atom. The van der Waals surface area contributed by atoms with Gasteiger partial charge in [-0.2, -0.15) is 5.26 Å². The standard InChI is InChI=1S/C17H25N3O3/c18-13-17(5-1-2-6-17)16(22)20-7-3-4-14(12-20)15(21)19-8-10-23-11-9-19/h14H,1-12H2. The first kappa shape index (κ1) is 16.3. The van der Waals surface area contributed by atoms with E-state index < -0.39 is 5.41 Å². The predicted octanol–water partition coefficient (Wildman–Crippen LogP) is 1.17. The van der Waals surface area contributed by atoms with Crippen LogP contribution in [0.5, 0.6) is 0 Å². The summed E-state index contributed by atoms with van der Waals surface area (Å²) in [4.78, 5) is 29.2. The Bertz CT molecular complexity index is 502. The molecule has 6 heteroatoms. The molecule has 3 fully saturated rings. The van der Waals surface area contributed by atoms with Crippen LogP contribution in [0.4, 0.5) is 0 Å². The molecule has 0 N–H and O–H groups in total. The van der Waals surface area contributed by atoms with Crippen LogP contribution in [-0.2, 0) is 14.3 Å². The molecular weight excluding hydrogens is 294 g/mol. The van der Waals surface area contributed by atoms with Gasteiger partial charge in [-0.05, 0) is 25.7 Å². The number of carbonyl (C=O) groups is 2. The molecule has 2 heterocycles. The molecule has 1 saturated carbocycles. The molecule has 3 aliphatic rings. The average Bonchev–Trinajstić information content (AvgIpc) is 3.11. The number of piperidine rings is 1. The van der Waals surface area contributed by atoms with E-state index >= 15 is 0 Å². The predicted molar refractivity (Wildman–Crippen MR) is 83.2 cm³/mol. The van der Waals surface area contributed by atoms with E-state index in [1.807, 2.05) is 4.90 Å². The molecule has 1 aliphatic carbocycles. The fourth-order valence-corrected chi connectivity index (χ4v) is 4.06. The van der Waals surface area contributed by atoms with Crippen LogP contribution >= 0.6 is 0 Å². The van der Waals surface area contributed by atoms with Crippen molar-refractivity contribution in [2.75, 3.05) is 39.4 Å². The van der Waals surface area contributed by atoms with Gasteiger partial charge in [0, 0.05) is 26.2 Å². The van der Waals surface area contributed by atoms with Crippen molar-refractivity contribution < 1.29 is 14.3 Å². The average molecular weight is 319 g/mol. The van der Waals surface area contributed by atoms with Crippen LogP contribution in [0.2, 0.25) is 0 Å². The van der Waals surface area contributed by atoms with Gasteiger partial charge in [-0.25, -0.2) is 0 Å². The van der Waals surface area contributed by atoms with Crippen molar-refractivity contribution >= 4 is 11.8 Å². The highest BCUT2D eigenvalue weighted by atomic mass is 16.5. The van der Waals surface area contributed by atoms with Gasteiger partial charge in [-0.3, -0.25) is 9.59 Å². The van der Waals surface area contributed by atoms with Crippen molar-refractivity contribution in [2.45, 2.75) is 38.5 Å². The first-order valence-corrected chi connectivity index (χ1v) is 8.73. The second-order valence-electron chi connectivity index (χ2n) is 6.93. The van der Waals surface area contributed by atoms with Crippen molar-refractivity contribution in [3.05, 3.63) is 0 Å². The lowest BCUT2D eigenvalue weighted by Crippen LogP contribution is -2.52. The lowest BCUT2D eigenvalue weighted by Gasteiger charge is -2.38. The summed E-state index contributed by atoms with van der Waals surface area (Å²) in [6.07, 6.45) is 4.90. The number of carbonyl (C=O) groups excluding carboxylic acids is 2. The zero-order valence-corrected chi connectivity index (χ0v) is 13.6. The summed E-state index contributed by atoms with van der Waals surface area (Å²) >= 11 is 0. The summed E-state index contributed by atoms with van der Waals surface area (Å²) in [5, 5.41) is 9.51. The van der Waals surface area contributed by atoms with Crippen molar-refractivity contribution in [1.29, 1.82) is 5.26 Å². The smallest absolute Gasteiger partial charge is 0.243 e. The van der Waals surface area contributed by atoms with Gasteiger partial charge >= 0.3 is 0 Å². The summed E-state index contributed by atoms with van der Waals surface area (Å²) in [7, 11) is 0. The van der Waals surface area contributed by atoms with E-state index in [9.17, 15) is 14.9 Å². The number of rotatable bonds is 2. The van der Waals surface area contributed by atoms with E-state index in [0.717, 1.165) is 25.7 Å². The molecule has 0 aromatic heterocycles. The summed E-state index contributed by atoms with van der Waals surface area (Å²) in [6.45, 7) is 3.63. The highest BCUT2D eigenvalue weighted by Gasteiger charge is 2.45. The van der Waals surface area contributed by atoms with E-state index in [2.05, 4.69) is 6.07 Å². The molecule has 2 aliphatic heterocycles. The first-order chi connectivity index (χ1) is 11.2. The Balaban J connectivity index is 1.65. The van der Waals surface area contributed by atoms with E-state index in [4.69, 9.17) is 4.74 Å². The molecule has 126 valence electrons. The number of morpholine rings is 1. The van der Waals surface area contributed by atoms with Gasteiger partial charge in [0.1, 0.15) is 5.41 Å². The number of amides is 2. The minimum absolute atomic E-state index is 0.0445. The third kappa shape index (κ3) is 3.20. The summed E-state index contributed by atoms with van der Waals surface area (Å²) in [5.74, 6) is -0.0249. The highest BCUT2D eigenvalue weighted by Crippen LogP contribution is 2.40. The van der Waals surface area contributed by atoms with Crippen LogP contribution in [0.15, 0.2) is 0 Å². The normalized spacial score (nSPS) is 27.5. The Kier molecular flexibility index (Phi) is 4.86. The molecule has 0 aromatic carbocycles. The zero-order chi connectivity index (χ0) is 16.3. The number of likely N-dealkylation sites (tertiary alicyclic amines) is 1. The van der Waals surface area contributed by atoms with Crippen LogP contribution in [-0.4, -0.2) is 61.0 Å². The molecule has 23 heavy (non-hydrogen) atoms. The minimum atomic E-state index is -0.829. The van der Waals surface area contributed by atoms with Gasteiger partial charge in [0.05, 0.1) is 25.2 Å². The quantitative estimate of drug-likeness (QED) is 0.766. The molecule has 0 aromatic rings. The Hall–Kier alpha value is -1.61. The lowest BCUT2D eigenvalue weighted by molar-refractivity contribution is -0.146. The van der Waals surface area contributed by atoms with E-state index in [1.54, 1.807) is 4.90 Å². The van der Waals surface area contributed by atoms with Crippen molar-refractivity contribution in [3.8, 4) is 6.07 Å². The first-order valence-electron chi connectivity index (χ1n) is 8.73. The molecule has 6 nitrogen and oxygen atoms in total. The molecule has 1 unspecified atom stereocenters. The number of nitriles is 1. The molecule has 0 radical (unpaired) electrons. The topological polar surface area (TPSA) is 73.6 Å². The van der Waals surface area contributed by atoms with Gasteiger partial charge in [0.25, 0.3) is 0 Å². The van der Waals surface area contributed by atoms with Gasteiger partial charge in [-0.15, -0.1) is 0 Å². The zero-order valence-electron chi connectivity index (χ0n) is 13.6. The summed E-state index contributed by atoms with van der Waals surface area (Å²) < 4.78 is 5.30. The maximum atomic E-state index is 12.9. The fourth-order valence-electron chi connectivity index (χ4n) is 4.06. The second-order valence-corrected chi connectivity index (χ2v) is 6.93. The number of ether oxygens (including phenoxy) is 1. The molecule has 0 bridgehead atoms. The fraction of sp³-hybridized carbons (Fsp3) is 0.824. The molecule has 1 atom stereocenters. The van der Waals surface area contributed by atoms with Gasteiger partial charge in [0.2, 0.25) is 11.8 Å². The lowest BCUT2D eigenvalue weighted by atomic mass is 9.85. The Morgan fingerprint density at radius 3 is 2.39 bits per heavy atom. The number of hydrogen-bond donors (Lipinski definition) is 0. The number of hydrogen-bond acceptors (Lipinski definition) is 4. The molecule has 2 amide bonds. The molecule has 2 saturated heterocycles. The Morgan fingerprint density at radius 1 is 1.04 bits per heavy atom. The minimum Gasteiger partial charge on any atom is -0.378 e. The van der Waals surface area contributed by atoms with Gasteiger partial charge in [-0.1, -0.05) is 12.8 Å². The van der Waals surface area contributed by atoms with Crippen molar-refractivity contribution in [1.82, 2.24) is 9.80 Å². The van der Waals surface area contributed by atoms with Crippen LogP contribution in [0.1, 0.15) is 38.5 Å². The van der Waals surface area contributed by atoms with E-state index in [-0.39, 0.29) is 17.7 Å². The van der Waals surface area contributed by atoms with Gasteiger partial charge < -0.3 is 14.5 Å². The van der Waals surface area contributed by atoms with Crippen LogP contribution in [0.3, 0.4) is 0 Å². The van der Waals surface area contributed by atoms with Crippen LogP contribution < -0.4 is 0 Å². The maximum Gasteiger partial charge on any atom is 0.243 e. The third-order valence-electron chi connectivity index (χ3n) is 5.46. The third-order valence-corrected chi connectivity index (χ3v) is 5.46. The van der Waals surface area contributed by atoms with Crippen molar-refractivity contribution in [3.63, 3.8) is 0 Å². The molecule has 3 rings (SSSR count). The Labute approximate surface area is 137 Å². The largest absolute Gasteiger partial charge is 0.378 e. The van der Waals surface area contributed by atoms with E-state index in [0.29, 0.717) is 52.2 Å². The highest BCUT2D eigenvalue weighted by molar-refractivity contribution is 5.87.